The molecule has 2 aliphatic heterocycles. The monoisotopic (exact) mass is 370 g/mol. The number of benzene rings is 1. The Hall–Kier alpha value is -1.92. The van der Waals surface area contributed by atoms with E-state index in [-0.39, 0.29) is 0 Å². The van der Waals surface area contributed by atoms with Crippen LogP contribution in [0.4, 0.5) is 0 Å². The Morgan fingerprint density at radius 1 is 1.22 bits per heavy atom. The number of carbonyl (C=O) groups excluding carboxylic acids is 1. The third kappa shape index (κ3) is 4.17. The lowest BCUT2D eigenvalue weighted by Gasteiger charge is -2.47. The summed E-state index contributed by atoms with van der Waals surface area (Å²) < 4.78 is 5.14. The number of methoxy groups -OCH3 is 1. The Labute approximate surface area is 160 Å². The lowest BCUT2D eigenvalue weighted by molar-refractivity contribution is -0.139. The standard InChI is InChI=1S/C21H30N4O2/c1-27-14-4-11-25-16-21(8-7-20(25)26)9-12-24(13-10-21)15-19-22-17-5-2-3-6-18(17)23-19/h2-3,5-6H,4,7-16H2,1H3,(H,22,23). The van der Waals surface area contributed by atoms with Crippen molar-refractivity contribution in [1.82, 2.24) is 19.8 Å². The molecule has 1 aromatic carbocycles. The Morgan fingerprint density at radius 2 is 2.04 bits per heavy atom. The maximum absolute atomic E-state index is 12.3. The van der Waals surface area contributed by atoms with Crippen molar-refractivity contribution in [2.24, 2.45) is 5.41 Å². The van der Waals surface area contributed by atoms with Gasteiger partial charge in [-0.3, -0.25) is 9.69 Å². The van der Waals surface area contributed by atoms with Gasteiger partial charge in [0.15, 0.2) is 0 Å². The first-order valence-electron chi connectivity index (χ1n) is 10.1. The fraction of sp³-hybridized carbons (Fsp3) is 0.619. The third-order valence-corrected chi connectivity index (χ3v) is 6.25. The average molecular weight is 370 g/mol. The molecule has 1 N–H and O–H groups in total. The van der Waals surface area contributed by atoms with Crippen molar-refractivity contribution >= 4 is 16.9 Å². The minimum atomic E-state index is 0.311. The van der Waals surface area contributed by atoms with Gasteiger partial charge in [-0.15, -0.1) is 0 Å². The van der Waals surface area contributed by atoms with E-state index in [0.717, 1.165) is 69.0 Å². The van der Waals surface area contributed by atoms with E-state index in [4.69, 9.17) is 9.72 Å². The summed E-state index contributed by atoms with van der Waals surface area (Å²) in [7, 11) is 1.72. The summed E-state index contributed by atoms with van der Waals surface area (Å²) in [5, 5.41) is 0. The fourth-order valence-electron chi connectivity index (χ4n) is 4.59. The van der Waals surface area contributed by atoms with Crippen LogP contribution in [0.3, 0.4) is 0 Å². The predicted octanol–water partition coefficient (Wildman–Crippen LogP) is 2.80. The molecule has 1 spiro atoms. The highest BCUT2D eigenvalue weighted by molar-refractivity contribution is 5.77. The zero-order valence-corrected chi connectivity index (χ0v) is 16.2. The van der Waals surface area contributed by atoms with Gasteiger partial charge in [0.05, 0.1) is 17.6 Å². The van der Waals surface area contributed by atoms with E-state index in [1.807, 2.05) is 12.1 Å². The molecule has 27 heavy (non-hydrogen) atoms. The van der Waals surface area contributed by atoms with Crippen molar-refractivity contribution in [3.63, 3.8) is 0 Å². The highest BCUT2D eigenvalue weighted by atomic mass is 16.5. The molecule has 0 radical (unpaired) electrons. The summed E-state index contributed by atoms with van der Waals surface area (Å²) in [4.78, 5) is 25.0. The summed E-state index contributed by atoms with van der Waals surface area (Å²) in [6.07, 6.45) is 5.01. The molecule has 0 unspecified atom stereocenters. The molecule has 2 fully saturated rings. The number of nitrogens with zero attached hydrogens (tertiary/aromatic N) is 3. The van der Waals surface area contributed by atoms with Crippen LogP contribution in [0.25, 0.3) is 11.0 Å². The fourth-order valence-corrected chi connectivity index (χ4v) is 4.59. The minimum Gasteiger partial charge on any atom is -0.385 e. The second-order valence-electron chi connectivity index (χ2n) is 8.14. The van der Waals surface area contributed by atoms with Crippen LogP contribution in [0.1, 0.15) is 37.9 Å². The molecule has 0 bridgehead atoms. The molecule has 146 valence electrons. The molecular weight excluding hydrogens is 340 g/mol. The first-order valence-corrected chi connectivity index (χ1v) is 10.1. The van der Waals surface area contributed by atoms with Gasteiger partial charge in [0.25, 0.3) is 0 Å². The number of piperidine rings is 2. The molecule has 0 atom stereocenters. The Morgan fingerprint density at radius 3 is 2.81 bits per heavy atom. The number of hydrogen-bond acceptors (Lipinski definition) is 4. The van der Waals surface area contributed by atoms with Crippen molar-refractivity contribution in [1.29, 1.82) is 0 Å². The molecule has 6 nitrogen and oxygen atoms in total. The Bertz CT molecular complexity index is 746. The predicted molar refractivity (Wildman–Crippen MR) is 105 cm³/mol. The molecule has 2 aliphatic rings. The molecule has 0 aliphatic carbocycles. The van der Waals surface area contributed by atoms with Crippen LogP contribution < -0.4 is 0 Å². The van der Waals surface area contributed by atoms with E-state index in [1.54, 1.807) is 7.11 Å². The van der Waals surface area contributed by atoms with Gasteiger partial charge in [0, 0.05) is 33.2 Å². The van der Waals surface area contributed by atoms with Gasteiger partial charge in [-0.2, -0.15) is 0 Å². The first kappa shape index (κ1) is 18.4. The maximum Gasteiger partial charge on any atom is 0.222 e. The van der Waals surface area contributed by atoms with Crippen molar-refractivity contribution in [2.45, 2.75) is 38.6 Å². The second-order valence-corrected chi connectivity index (χ2v) is 8.14. The number of fused-ring (bicyclic) bond motifs is 1. The first-order chi connectivity index (χ1) is 13.2. The van der Waals surface area contributed by atoms with E-state index in [1.165, 1.54) is 12.8 Å². The summed E-state index contributed by atoms with van der Waals surface area (Å²) in [5.41, 5.74) is 2.46. The van der Waals surface area contributed by atoms with Crippen LogP contribution in [-0.2, 0) is 16.1 Å². The Kier molecular flexibility index (Phi) is 5.45. The van der Waals surface area contributed by atoms with Gasteiger partial charge in [-0.05, 0) is 56.3 Å². The molecule has 0 saturated carbocycles. The van der Waals surface area contributed by atoms with E-state index >= 15 is 0 Å². The van der Waals surface area contributed by atoms with Crippen LogP contribution >= 0.6 is 0 Å². The number of aromatic nitrogens is 2. The van der Waals surface area contributed by atoms with E-state index in [2.05, 4.69) is 26.9 Å². The molecule has 2 aromatic rings. The molecule has 2 saturated heterocycles. The summed E-state index contributed by atoms with van der Waals surface area (Å²) in [6.45, 7) is 5.52. The van der Waals surface area contributed by atoms with E-state index in [0.29, 0.717) is 17.7 Å². The lowest BCUT2D eigenvalue weighted by Crippen LogP contribution is -2.51. The third-order valence-electron chi connectivity index (χ3n) is 6.25. The number of H-pyrrole nitrogens is 1. The van der Waals surface area contributed by atoms with Gasteiger partial charge in [-0.1, -0.05) is 12.1 Å². The smallest absolute Gasteiger partial charge is 0.222 e. The SMILES string of the molecule is COCCCN1CC2(CCC1=O)CCN(Cc1nc3ccccc3[nH]1)CC2. The largest absolute Gasteiger partial charge is 0.385 e. The summed E-state index contributed by atoms with van der Waals surface area (Å²) in [5.74, 6) is 1.37. The number of likely N-dealkylation sites (tertiary alicyclic amines) is 2. The van der Waals surface area contributed by atoms with Gasteiger partial charge in [0.1, 0.15) is 5.82 Å². The van der Waals surface area contributed by atoms with Gasteiger partial charge in [-0.25, -0.2) is 4.98 Å². The number of para-hydroxylation sites is 2. The molecule has 1 aromatic heterocycles. The minimum absolute atomic E-state index is 0.311. The van der Waals surface area contributed by atoms with Crippen LogP contribution in [0.5, 0.6) is 0 Å². The number of ether oxygens (including phenoxy) is 1. The number of amides is 1. The van der Waals surface area contributed by atoms with Crippen molar-refractivity contribution in [3.8, 4) is 0 Å². The lowest BCUT2D eigenvalue weighted by atomic mass is 9.72. The molecule has 3 heterocycles. The number of aromatic amines is 1. The van der Waals surface area contributed by atoms with Gasteiger partial charge >= 0.3 is 0 Å². The molecule has 4 rings (SSSR count). The normalized spacial score (nSPS) is 20.6. The van der Waals surface area contributed by atoms with Crippen LogP contribution in [0.2, 0.25) is 0 Å². The maximum atomic E-state index is 12.3. The number of rotatable bonds is 6. The van der Waals surface area contributed by atoms with Gasteiger partial charge in [0.2, 0.25) is 5.91 Å². The summed E-state index contributed by atoms with van der Waals surface area (Å²) >= 11 is 0. The number of nitrogens with one attached hydrogen (secondary N) is 1. The highest BCUT2D eigenvalue weighted by Crippen LogP contribution is 2.40. The zero-order valence-electron chi connectivity index (χ0n) is 16.2. The quantitative estimate of drug-likeness (QED) is 0.795. The number of imidazole rings is 1. The Balaban J connectivity index is 1.33. The summed E-state index contributed by atoms with van der Waals surface area (Å²) in [6, 6.07) is 8.20. The zero-order chi connectivity index (χ0) is 18.7. The van der Waals surface area contributed by atoms with Crippen LogP contribution in [0.15, 0.2) is 24.3 Å². The molecule has 6 heteroatoms. The van der Waals surface area contributed by atoms with Crippen LogP contribution in [0, 0.1) is 5.41 Å². The van der Waals surface area contributed by atoms with Crippen LogP contribution in [-0.4, -0.2) is 65.6 Å². The highest BCUT2D eigenvalue weighted by Gasteiger charge is 2.40. The van der Waals surface area contributed by atoms with Crippen molar-refractivity contribution in [2.75, 3.05) is 39.9 Å². The topological polar surface area (TPSA) is 61.5 Å². The van der Waals surface area contributed by atoms with Crippen molar-refractivity contribution < 1.29 is 9.53 Å². The second kappa shape index (κ2) is 7.98. The van der Waals surface area contributed by atoms with Crippen molar-refractivity contribution in [3.05, 3.63) is 30.1 Å². The van der Waals surface area contributed by atoms with E-state index in [9.17, 15) is 4.79 Å². The molecule has 1 amide bonds. The van der Waals surface area contributed by atoms with Gasteiger partial charge < -0.3 is 14.6 Å². The number of carbonyl (C=O) groups is 1. The molecular formula is C21H30N4O2. The van der Waals surface area contributed by atoms with E-state index < -0.39 is 0 Å². The average Bonchev–Trinajstić information content (AvgIpc) is 3.09. The number of hydrogen-bond donors (Lipinski definition) is 1.